The van der Waals surface area contributed by atoms with E-state index in [9.17, 15) is 9.90 Å². The third-order valence-electron chi connectivity index (χ3n) is 2.89. The molecule has 0 aliphatic carbocycles. The number of aliphatic hydroxyl groups is 2. The van der Waals surface area contributed by atoms with Crippen LogP contribution in [0.3, 0.4) is 0 Å². The maximum atomic E-state index is 10.9. The molecule has 106 valence electrons. The van der Waals surface area contributed by atoms with Crippen molar-refractivity contribution in [2.45, 2.75) is 64.4 Å². The number of carboxylic acids is 1. The van der Waals surface area contributed by atoms with Crippen LogP contribution in [0.4, 0.5) is 0 Å². The zero-order valence-electron chi connectivity index (χ0n) is 11.3. The highest BCUT2D eigenvalue weighted by atomic mass is 16.4. The highest BCUT2D eigenvalue weighted by Crippen LogP contribution is 2.11. The van der Waals surface area contributed by atoms with E-state index in [1.54, 1.807) is 6.08 Å². The average Bonchev–Trinajstić information content (AvgIpc) is 2.35. The number of hydrogen-bond donors (Lipinski definition) is 3. The molecule has 0 aliphatic rings. The summed E-state index contributed by atoms with van der Waals surface area (Å²) in [6.07, 6.45) is 8.47. The van der Waals surface area contributed by atoms with Gasteiger partial charge in [-0.05, 0) is 12.8 Å². The molecule has 0 saturated carbocycles. The van der Waals surface area contributed by atoms with E-state index in [0.29, 0.717) is 0 Å². The van der Waals surface area contributed by atoms with Gasteiger partial charge >= 0.3 is 5.97 Å². The minimum Gasteiger partial charge on any atom is -0.478 e. The van der Waals surface area contributed by atoms with E-state index < -0.39 is 18.7 Å². The van der Waals surface area contributed by atoms with E-state index in [2.05, 4.69) is 6.92 Å². The number of carbonyl (C=O) groups is 1. The number of carboxylic acid groups (broad SMARTS) is 1. The van der Waals surface area contributed by atoms with Gasteiger partial charge in [-0.15, -0.1) is 0 Å². The van der Waals surface area contributed by atoms with Crippen molar-refractivity contribution in [3.05, 3.63) is 11.6 Å². The van der Waals surface area contributed by atoms with Crippen molar-refractivity contribution in [2.24, 2.45) is 0 Å². The monoisotopic (exact) mass is 258 g/mol. The van der Waals surface area contributed by atoms with Gasteiger partial charge in [0.1, 0.15) is 0 Å². The fraction of sp³-hybridized carbons (Fsp3) is 0.786. The molecular weight excluding hydrogens is 232 g/mol. The van der Waals surface area contributed by atoms with Crippen LogP contribution in [-0.4, -0.2) is 34.0 Å². The summed E-state index contributed by atoms with van der Waals surface area (Å²) in [4.78, 5) is 10.9. The Labute approximate surface area is 109 Å². The van der Waals surface area contributed by atoms with Gasteiger partial charge in [-0.2, -0.15) is 0 Å². The Morgan fingerprint density at radius 3 is 2.33 bits per heavy atom. The second-order valence-corrected chi connectivity index (χ2v) is 4.63. The van der Waals surface area contributed by atoms with Crippen molar-refractivity contribution in [2.75, 3.05) is 6.61 Å². The fourth-order valence-corrected chi connectivity index (χ4v) is 1.78. The molecule has 1 atom stereocenters. The number of aliphatic hydroxyl groups excluding tert-OH is 2. The van der Waals surface area contributed by atoms with E-state index in [1.165, 1.54) is 25.7 Å². The molecular formula is C14H26O4. The summed E-state index contributed by atoms with van der Waals surface area (Å²) in [5, 5.41) is 26.8. The fourth-order valence-electron chi connectivity index (χ4n) is 1.78. The molecule has 0 aromatic carbocycles. The molecule has 0 bridgehead atoms. The molecule has 0 radical (unpaired) electrons. The molecule has 0 spiro atoms. The standard InChI is InChI=1S/C14H26O4/c1-2-3-4-5-6-7-8-9-12(14(17)18)10-13(16)11-15/h9,13,15-16H,2-8,10-11H2,1H3,(H,17,18). The van der Waals surface area contributed by atoms with Crippen molar-refractivity contribution in [3.63, 3.8) is 0 Å². The Kier molecular flexibility index (Phi) is 10.7. The van der Waals surface area contributed by atoms with Crippen LogP contribution < -0.4 is 0 Å². The molecule has 4 heteroatoms. The number of hydrogen-bond acceptors (Lipinski definition) is 3. The van der Waals surface area contributed by atoms with Crippen LogP contribution in [0.25, 0.3) is 0 Å². The van der Waals surface area contributed by atoms with Crippen molar-refractivity contribution < 1.29 is 20.1 Å². The predicted octanol–water partition coefficient (Wildman–Crippen LogP) is 2.49. The first kappa shape index (κ1) is 17.1. The molecule has 0 aromatic rings. The molecule has 0 fully saturated rings. The van der Waals surface area contributed by atoms with E-state index >= 15 is 0 Å². The van der Waals surface area contributed by atoms with Gasteiger partial charge in [0.15, 0.2) is 0 Å². The Hall–Kier alpha value is -0.870. The molecule has 0 heterocycles. The maximum absolute atomic E-state index is 10.9. The molecule has 0 aromatic heterocycles. The van der Waals surface area contributed by atoms with Gasteiger partial charge in [-0.25, -0.2) is 4.79 Å². The lowest BCUT2D eigenvalue weighted by molar-refractivity contribution is -0.133. The minimum absolute atomic E-state index is 0.0155. The molecule has 1 unspecified atom stereocenters. The van der Waals surface area contributed by atoms with Crippen molar-refractivity contribution >= 4 is 5.97 Å². The zero-order valence-corrected chi connectivity index (χ0v) is 11.3. The number of rotatable bonds is 11. The van der Waals surface area contributed by atoms with Crippen LogP contribution in [0.2, 0.25) is 0 Å². The smallest absolute Gasteiger partial charge is 0.331 e. The van der Waals surface area contributed by atoms with E-state index in [-0.39, 0.29) is 12.0 Å². The summed E-state index contributed by atoms with van der Waals surface area (Å²) in [5.41, 5.74) is 0.199. The van der Waals surface area contributed by atoms with Gasteiger partial charge in [0.05, 0.1) is 12.7 Å². The summed E-state index contributed by atoms with van der Waals surface area (Å²) in [7, 11) is 0. The Bertz CT molecular complexity index is 248. The summed E-state index contributed by atoms with van der Waals surface area (Å²) in [6.45, 7) is 1.77. The van der Waals surface area contributed by atoms with Crippen LogP contribution in [-0.2, 0) is 4.79 Å². The number of aliphatic carboxylic acids is 1. The van der Waals surface area contributed by atoms with E-state index in [4.69, 9.17) is 10.2 Å². The second-order valence-electron chi connectivity index (χ2n) is 4.63. The third-order valence-corrected chi connectivity index (χ3v) is 2.89. The number of allylic oxidation sites excluding steroid dienone is 1. The van der Waals surface area contributed by atoms with Crippen molar-refractivity contribution in [1.82, 2.24) is 0 Å². The Balaban J connectivity index is 3.84. The maximum Gasteiger partial charge on any atom is 0.331 e. The highest BCUT2D eigenvalue weighted by molar-refractivity contribution is 5.86. The summed E-state index contributed by atoms with van der Waals surface area (Å²) >= 11 is 0. The number of unbranched alkanes of at least 4 members (excludes halogenated alkanes) is 6. The topological polar surface area (TPSA) is 77.8 Å². The molecule has 4 nitrogen and oxygen atoms in total. The van der Waals surface area contributed by atoms with Gasteiger partial charge in [-0.3, -0.25) is 0 Å². The molecule has 0 rings (SSSR count). The van der Waals surface area contributed by atoms with Gasteiger partial charge in [0, 0.05) is 12.0 Å². The Morgan fingerprint density at radius 2 is 1.78 bits per heavy atom. The van der Waals surface area contributed by atoms with Crippen LogP contribution in [0.15, 0.2) is 11.6 Å². The van der Waals surface area contributed by atoms with E-state index in [1.807, 2.05) is 0 Å². The van der Waals surface area contributed by atoms with Crippen LogP contribution in [0.5, 0.6) is 0 Å². The normalized spacial score (nSPS) is 13.6. The quantitative estimate of drug-likeness (QED) is 0.393. The van der Waals surface area contributed by atoms with Gasteiger partial charge in [0.2, 0.25) is 0 Å². The molecule has 0 aliphatic heterocycles. The first-order valence-electron chi connectivity index (χ1n) is 6.83. The molecule has 0 amide bonds. The second kappa shape index (κ2) is 11.2. The van der Waals surface area contributed by atoms with Crippen LogP contribution in [0, 0.1) is 0 Å². The summed E-state index contributed by atoms with van der Waals surface area (Å²) in [5.74, 6) is -1.01. The molecule has 3 N–H and O–H groups in total. The first-order chi connectivity index (χ1) is 8.61. The van der Waals surface area contributed by atoms with Crippen LogP contribution in [0.1, 0.15) is 58.3 Å². The van der Waals surface area contributed by atoms with Gasteiger partial charge in [-0.1, -0.05) is 45.1 Å². The van der Waals surface area contributed by atoms with Crippen LogP contribution >= 0.6 is 0 Å². The predicted molar refractivity (Wildman–Crippen MR) is 71.4 cm³/mol. The molecule has 0 saturated heterocycles. The van der Waals surface area contributed by atoms with Crippen molar-refractivity contribution in [3.8, 4) is 0 Å². The Morgan fingerprint density at radius 1 is 1.17 bits per heavy atom. The largest absolute Gasteiger partial charge is 0.478 e. The lowest BCUT2D eigenvalue weighted by Gasteiger charge is -2.07. The summed E-state index contributed by atoms with van der Waals surface area (Å²) < 4.78 is 0. The zero-order chi connectivity index (χ0) is 13.8. The highest BCUT2D eigenvalue weighted by Gasteiger charge is 2.12. The lowest BCUT2D eigenvalue weighted by Crippen LogP contribution is -2.16. The van der Waals surface area contributed by atoms with E-state index in [0.717, 1.165) is 19.3 Å². The van der Waals surface area contributed by atoms with Gasteiger partial charge in [0.25, 0.3) is 0 Å². The van der Waals surface area contributed by atoms with Crippen molar-refractivity contribution in [1.29, 1.82) is 0 Å². The van der Waals surface area contributed by atoms with Gasteiger partial charge < -0.3 is 15.3 Å². The minimum atomic E-state index is -1.01. The lowest BCUT2D eigenvalue weighted by atomic mass is 10.0. The first-order valence-corrected chi connectivity index (χ1v) is 6.83. The average molecular weight is 258 g/mol. The molecule has 18 heavy (non-hydrogen) atoms. The third kappa shape index (κ3) is 9.19. The summed E-state index contributed by atoms with van der Waals surface area (Å²) in [6, 6.07) is 0. The SMILES string of the molecule is CCCCCCCCC=C(CC(O)CO)C(=O)O.